The Kier molecular flexibility index (Phi) is 4.08. The summed E-state index contributed by atoms with van der Waals surface area (Å²) in [6.07, 6.45) is 6.42. The van der Waals surface area contributed by atoms with Gasteiger partial charge in [-0.1, -0.05) is 6.07 Å². The first-order chi connectivity index (χ1) is 12.6. The molecular weight excluding hydrogens is 332 g/mol. The first-order valence-electron chi connectivity index (χ1n) is 8.43. The Balaban J connectivity index is 1.55. The third-order valence-corrected chi connectivity index (χ3v) is 4.56. The van der Waals surface area contributed by atoms with Crippen LogP contribution >= 0.6 is 0 Å². The minimum absolute atomic E-state index is 0.0949. The van der Waals surface area contributed by atoms with Crippen molar-refractivity contribution in [3.63, 3.8) is 0 Å². The molecule has 132 valence electrons. The van der Waals surface area contributed by atoms with Crippen molar-refractivity contribution in [2.45, 2.75) is 6.92 Å². The van der Waals surface area contributed by atoms with Crippen molar-refractivity contribution in [3.05, 3.63) is 64.5 Å². The van der Waals surface area contributed by atoms with Gasteiger partial charge < -0.3 is 9.80 Å². The maximum Gasteiger partial charge on any atom is 0.270 e. The number of anilines is 1. The Hall–Kier alpha value is -3.29. The summed E-state index contributed by atoms with van der Waals surface area (Å²) in [6, 6.07) is 5.43. The summed E-state index contributed by atoms with van der Waals surface area (Å²) < 4.78 is 1.43. The van der Waals surface area contributed by atoms with Gasteiger partial charge in [0.05, 0.1) is 0 Å². The van der Waals surface area contributed by atoms with Gasteiger partial charge in [-0.3, -0.25) is 14.0 Å². The number of nitrogens with zero attached hydrogens (tertiary/aromatic N) is 6. The van der Waals surface area contributed by atoms with Crippen molar-refractivity contribution in [3.8, 4) is 0 Å². The zero-order valence-corrected chi connectivity index (χ0v) is 14.4. The van der Waals surface area contributed by atoms with Crippen LogP contribution < -0.4 is 10.5 Å². The van der Waals surface area contributed by atoms with E-state index in [4.69, 9.17) is 0 Å². The summed E-state index contributed by atoms with van der Waals surface area (Å²) in [7, 11) is 0. The number of fused-ring (bicyclic) bond motifs is 1. The Bertz CT molecular complexity index is 1010. The first-order valence-corrected chi connectivity index (χ1v) is 8.43. The van der Waals surface area contributed by atoms with Crippen LogP contribution in [0.2, 0.25) is 0 Å². The highest BCUT2D eigenvalue weighted by Crippen LogP contribution is 2.12. The lowest BCUT2D eigenvalue weighted by Crippen LogP contribution is -2.50. The van der Waals surface area contributed by atoms with Gasteiger partial charge >= 0.3 is 0 Å². The van der Waals surface area contributed by atoms with Crippen LogP contribution in [-0.4, -0.2) is 56.3 Å². The number of hydrogen-bond donors (Lipinski definition) is 0. The normalized spacial score (nSPS) is 14.7. The van der Waals surface area contributed by atoms with E-state index in [1.807, 2.05) is 17.9 Å². The molecule has 0 N–H and O–H groups in total. The summed E-state index contributed by atoms with van der Waals surface area (Å²) in [4.78, 5) is 42.0. The van der Waals surface area contributed by atoms with Gasteiger partial charge in [-0.25, -0.2) is 15.0 Å². The SMILES string of the molecule is Cc1cccn2c(=O)c(C(=O)N3CCN(c4ncccn4)CC3)cnc12. The number of aromatic nitrogens is 4. The van der Waals surface area contributed by atoms with E-state index in [0.717, 1.165) is 5.56 Å². The Morgan fingerprint density at radius 2 is 1.77 bits per heavy atom. The quantitative estimate of drug-likeness (QED) is 0.678. The Morgan fingerprint density at radius 1 is 1.04 bits per heavy atom. The molecule has 4 heterocycles. The van der Waals surface area contributed by atoms with Crippen molar-refractivity contribution in [1.29, 1.82) is 0 Å². The summed E-state index contributed by atoms with van der Waals surface area (Å²) >= 11 is 0. The summed E-state index contributed by atoms with van der Waals surface area (Å²) in [5.74, 6) is 0.370. The third-order valence-electron chi connectivity index (χ3n) is 4.56. The highest BCUT2D eigenvalue weighted by molar-refractivity contribution is 5.94. The molecule has 0 radical (unpaired) electrons. The number of rotatable bonds is 2. The third kappa shape index (κ3) is 2.79. The van der Waals surface area contributed by atoms with Crippen molar-refractivity contribution in [2.75, 3.05) is 31.1 Å². The summed E-state index contributed by atoms with van der Waals surface area (Å²) in [6.45, 7) is 4.14. The molecule has 1 fully saturated rings. The van der Waals surface area contributed by atoms with Gasteiger partial charge in [-0.2, -0.15) is 0 Å². The molecular formula is C18H18N6O2. The van der Waals surface area contributed by atoms with E-state index in [-0.39, 0.29) is 17.0 Å². The molecule has 0 bridgehead atoms. The molecule has 26 heavy (non-hydrogen) atoms. The fraction of sp³-hybridized carbons (Fsp3) is 0.278. The second-order valence-electron chi connectivity index (χ2n) is 6.19. The molecule has 1 aliphatic rings. The smallest absolute Gasteiger partial charge is 0.270 e. The van der Waals surface area contributed by atoms with Gasteiger partial charge in [0.2, 0.25) is 5.95 Å². The minimum Gasteiger partial charge on any atom is -0.337 e. The average Bonchev–Trinajstić information content (AvgIpc) is 2.69. The fourth-order valence-corrected chi connectivity index (χ4v) is 3.13. The second kappa shape index (κ2) is 6.55. The largest absolute Gasteiger partial charge is 0.337 e. The van der Waals surface area contributed by atoms with Gasteiger partial charge in [0.15, 0.2) is 0 Å². The predicted octanol–water partition coefficient (Wildman–Crippen LogP) is 0.755. The number of amides is 1. The molecule has 1 aliphatic heterocycles. The molecule has 3 aromatic heterocycles. The molecule has 0 aromatic carbocycles. The average molecular weight is 350 g/mol. The van der Waals surface area contributed by atoms with Gasteiger partial charge in [0, 0.05) is 51.0 Å². The van der Waals surface area contributed by atoms with Crippen molar-refractivity contribution >= 4 is 17.5 Å². The van der Waals surface area contributed by atoms with Crippen LogP contribution in [-0.2, 0) is 0 Å². The van der Waals surface area contributed by atoms with Gasteiger partial charge in [0.25, 0.3) is 11.5 Å². The lowest BCUT2D eigenvalue weighted by Gasteiger charge is -2.34. The summed E-state index contributed by atoms with van der Waals surface area (Å²) in [5, 5.41) is 0. The van der Waals surface area contributed by atoms with E-state index in [1.165, 1.54) is 10.6 Å². The van der Waals surface area contributed by atoms with E-state index in [1.54, 1.807) is 35.6 Å². The number of hydrogen-bond acceptors (Lipinski definition) is 6. The lowest BCUT2D eigenvalue weighted by atomic mass is 10.2. The molecule has 8 nitrogen and oxygen atoms in total. The molecule has 1 amide bonds. The fourth-order valence-electron chi connectivity index (χ4n) is 3.13. The van der Waals surface area contributed by atoms with E-state index < -0.39 is 0 Å². The van der Waals surface area contributed by atoms with Crippen LogP contribution in [0.5, 0.6) is 0 Å². The maximum atomic E-state index is 12.8. The molecule has 1 saturated heterocycles. The van der Waals surface area contributed by atoms with Gasteiger partial charge in [-0.05, 0) is 24.6 Å². The van der Waals surface area contributed by atoms with Gasteiger partial charge in [0.1, 0.15) is 11.2 Å². The van der Waals surface area contributed by atoms with Crippen LogP contribution in [0.25, 0.3) is 5.65 Å². The van der Waals surface area contributed by atoms with Crippen LogP contribution in [0.15, 0.2) is 47.8 Å². The Morgan fingerprint density at radius 3 is 2.50 bits per heavy atom. The van der Waals surface area contributed by atoms with E-state index in [9.17, 15) is 9.59 Å². The number of carbonyl (C=O) groups excluding carboxylic acids is 1. The second-order valence-corrected chi connectivity index (χ2v) is 6.19. The zero-order valence-electron chi connectivity index (χ0n) is 14.4. The molecule has 0 spiro atoms. The number of pyridine rings is 1. The standard InChI is InChI=1S/C18H18N6O2/c1-13-4-2-7-24-15(13)21-12-14(17(24)26)16(25)22-8-10-23(11-9-22)18-19-5-3-6-20-18/h2-7,12H,8-11H2,1H3. The van der Waals surface area contributed by atoms with Crippen LogP contribution in [0.3, 0.4) is 0 Å². The van der Waals surface area contributed by atoms with Crippen LogP contribution in [0, 0.1) is 6.92 Å². The highest BCUT2D eigenvalue weighted by atomic mass is 16.2. The van der Waals surface area contributed by atoms with Crippen molar-refractivity contribution < 1.29 is 4.79 Å². The predicted molar refractivity (Wildman–Crippen MR) is 96.3 cm³/mol. The molecule has 3 aromatic rings. The molecule has 4 rings (SSSR count). The summed E-state index contributed by atoms with van der Waals surface area (Å²) in [5.41, 5.74) is 1.22. The van der Waals surface area contributed by atoms with Crippen LogP contribution in [0.1, 0.15) is 15.9 Å². The van der Waals surface area contributed by atoms with Gasteiger partial charge in [-0.15, -0.1) is 0 Å². The minimum atomic E-state index is -0.336. The topological polar surface area (TPSA) is 83.7 Å². The monoisotopic (exact) mass is 350 g/mol. The molecule has 0 atom stereocenters. The molecule has 8 heteroatoms. The van der Waals surface area contributed by atoms with E-state index in [2.05, 4.69) is 15.0 Å². The Labute approximate surface area is 149 Å². The first kappa shape index (κ1) is 16.2. The van der Waals surface area contributed by atoms with E-state index in [0.29, 0.717) is 37.8 Å². The van der Waals surface area contributed by atoms with Crippen molar-refractivity contribution in [2.24, 2.45) is 0 Å². The van der Waals surface area contributed by atoms with E-state index >= 15 is 0 Å². The number of carbonyl (C=O) groups is 1. The molecule has 0 saturated carbocycles. The molecule has 0 aliphatic carbocycles. The molecule has 0 unspecified atom stereocenters. The van der Waals surface area contributed by atoms with Crippen LogP contribution in [0.4, 0.5) is 5.95 Å². The number of aryl methyl sites for hydroxylation is 1. The number of piperazine rings is 1. The zero-order chi connectivity index (χ0) is 18.1. The highest BCUT2D eigenvalue weighted by Gasteiger charge is 2.25. The van der Waals surface area contributed by atoms with Crippen molar-refractivity contribution in [1.82, 2.24) is 24.3 Å². The lowest BCUT2D eigenvalue weighted by molar-refractivity contribution is 0.0744. The maximum absolute atomic E-state index is 12.8.